The van der Waals surface area contributed by atoms with Crippen LogP contribution >= 0.6 is 0 Å². The largest absolute Gasteiger partial charge is 0.385 e. The molecule has 3 N–H and O–H groups in total. The smallest absolute Gasteiger partial charge is 0.130 e. The summed E-state index contributed by atoms with van der Waals surface area (Å²) in [6.45, 7) is 1.78. The van der Waals surface area contributed by atoms with E-state index in [2.05, 4.69) is 0 Å². The molecule has 6 unspecified atom stereocenters. The molecule has 0 radical (unpaired) electrons. The first-order valence-electron chi connectivity index (χ1n) is 11.8. The van der Waals surface area contributed by atoms with Crippen molar-refractivity contribution in [3.8, 4) is 0 Å². The van der Waals surface area contributed by atoms with Gasteiger partial charge in [0.1, 0.15) is 11.2 Å². The van der Waals surface area contributed by atoms with Gasteiger partial charge >= 0.3 is 0 Å². The van der Waals surface area contributed by atoms with Gasteiger partial charge in [0.15, 0.2) is 0 Å². The molecule has 2 aliphatic carbocycles. The molecule has 0 saturated heterocycles. The van der Waals surface area contributed by atoms with Gasteiger partial charge in [-0.25, -0.2) is 0 Å². The Kier molecular flexibility index (Phi) is 4.62. The molecule has 1 saturated carbocycles. The zero-order chi connectivity index (χ0) is 23.6. The molecule has 0 spiro atoms. The van der Waals surface area contributed by atoms with Crippen LogP contribution in [-0.2, 0) is 16.8 Å². The fourth-order valence-corrected chi connectivity index (χ4v) is 7.00. The topological polar surface area (TPSA) is 60.7 Å². The Morgan fingerprint density at radius 1 is 0.529 bits per heavy atom. The molecule has 4 aromatic carbocycles. The van der Waals surface area contributed by atoms with E-state index in [0.717, 1.165) is 11.1 Å². The third-order valence-electron chi connectivity index (χ3n) is 8.25. The third kappa shape index (κ3) is 2.58. The van der Waals surface area contributed by atoms with E-state index in [-0.39, 0.29) is 5.92 Å². The van der Waals surface area contributed by atoms with Gasteiger partial charge in [-0.15, -0.1) is 0 Å². The lowest BCUT2D eigenvalue weighted by Gasteiger charge is -2.43. The number of rotatable bonds is 3. The maximum atomic E-state index is 13.0. The fraction of sp³-hybridized carbons (Fsp3) is 0.226. The van der Waals surface area contributed by atoms with Crippen molar-refractivity contribution in [2.24, 2.45) is 5.92 Å². The monoisotopic (exact) mass is 448 g/mol. The molecule has 0 aromatic heterocycles. The summed E-state index contributed by atoms with van der Waals surface area (Å²) in [6.07, 6.45) is 0. The molecule has 0 heterocycles. The highest BCUT2D eigenvalue weighted by Crippen LogP contribution is 2.74. The van der Waals surface area contributed by atoms with Crippen molar-refractivity contribution in [3.05, 3.63) is 143 Å². The first-order chi connectivity index (χ1) is 16.4. The highest BCUT2D eigenvalue weighted by Gasteiger charge is 2.77. The van der Waals surface area contributed by atoms with Crippen molar-refractivity contribution >= 4 is 0 Å². The first-order valence-corrected chi connectivity index (χ1v) is 11.8. The van der Waals surface area contributed by atoms with Gasteiger partial charge in [0, 0.05) is 17.8 Å². The van der Waals surface area contributed by atoms with Crippen LogP contribution in [0, 0.1) is 5.92 Å². The zero-order valence-corrected chi connectivity index (χ0v) is 19.0. The standard InChI is InChI=1S/C31H28O3/c1-29(32)24-19-11-12-20-25(24)31(34)28(29)26(21-13-5-2-6-14-21)27(22-15-7-3-8-16-22)30(31,33)23-17-9-4-10-18-23/h2-20,26-28,32-34H,1H3. The van der Waals surface area contributed by atoms with E-state index < -0.39 is 28.6 Å². The van der Waals surface area contributed by atoms with Crippen molar-refractivity contribution in [1.29, 1.82) is 0 Å². The van der Waals surface area contributed by atoms with Crippen LogP contribution in [0.4, 0.5) is 0 Å². The summed E-state index contributed by atoms with van der Waals surface area (Å²) in [6, 6.07) is 36.9. The predicted molar refractivity (Wildman–Crippen MR) is 132 cm³/mol. The van der Waals surface area contributed by atoms with Crippen molar-refractivity contribution in [2.75, 3.05) is 0 Å². The Morgan fingerprint density at radius 2 is 1.00 bits per heavy atom. The third-order valence-corrected chi connectivity index (χ3v) is 8.25. The van der Waals surface area contributed by atoms with Crippen LogP contribution in [0.15, 0.2) is 115 Å². The van der Waals surface area contributed by atoms with Gasteiger partial charge in [-0.05, 0) is 34.7 Å². The first kappa shape index (κ1) is 21.3. The van der Waals surface area contributed by atoms with E-state index >= 15 is 0 Å². The Bertz CT molecular complexity index is 1320. The molecule has 6 rings (SSSR count). The summed E-state index contributed by atoms with van der Waals surface area (Å²) in [4.78, 5) is 0. The molecule has 1 fully saturated rings. The van der Waals surface area contributed by atoms with E-state index in [1.165, 1.54) is 0 Å². The molecule has 6 atom stereocenters. The lowest BCUT2D eigenvalue weighted by Crippen LogP contribution is -2.50. The van der Waals surface area contributed by atoms with Crippen molar-refractivity contribution in [2.45, 2.75) is 35.6 Å². The second-order valence-electron chi connectivity index (χ2n) is 9.89. The SMILES string of the molecule is CC1(O)c2ccccc2C2(O)C1C(c1ccccc1)C(c1ccccc1)C2(O)c1ccccc1. The highest BCUT2D eigenvalue weighted by molar-refractivity contribution is 5.56. The maximum Gasteiger partial charge on any atom is 0.130 e. The molecule has 3 heteroatoms. The molecule has 0 bridgehead atoms. The minimum Gasteiger partial charge on any atom is -0.385 e. The zero-order valence-electron chi connectivity index (χ0n) is 19.0. The highest BCUT2D eigenvalue weighted by atomic mass is 16.4. The van der Waals surface area contributed by atoms with Gasteiger partial charge in [-0.3, -0.25) is 0 Å². The predicted octanol–water partition coefficient (Wildman–Crippen LogP) is 5.18. The maximum absolute atomic E-state index is 13.0. The normalized spacial score (nSPS) is 33.9. The summed E-state index contributed by atoms with van der Waals surface area (Å²) in [5, 5.41) is 37.9. The minimum absolute atomic E-state index is 0.346. The number of aliphatic hydroxyl groups is 3. The number of fused-ring (bicyclic) bond motifs is 3. The van der Waals surface area contributed by atoms with Crippen molar-refractivity contribution < 1.29 is 15.3 Å². The van der Waals surface area contributed by atoms with E-state index in [4.69, 9.17) is 0 Å². The average molecular weight is 449 g/mol. The van der Waals surface area contributed by atoms with Crippen molar-refractivity contribution in [1.82, 2.24) is 0 Å². The summed E-state index contributed by atoms with van der Waals surface area (Å²) in [5.41, 5.74) is -0.925. The number of benzene rings is 4. The fourth-order valence-electron chi connectivity index (χ4n) is 7.00. The van der Waals surface area contributed by atoms with Crippen LogP contribution < -0.4 is 0 Å². The molecule has 34 heavy (non-hydrogen) atoms. The number of hydrogen-bond acceptors (Lipinski definition) is 3. The van der Waals surface area contributed by atoms with E-state index in [9.17, 15) is 15.3 Å². The summed E-state index contributed by atoms with van der Waals surface area (Å²) >= 11 is 0. The average Bonchev–Trinajstić information content (AvgIpc) is 3.22. The quantitative estimate of drug-likeness (QED) is 0.405. The summed E-state index contributed by atoms with van der Waals surface area (Å²) < 4.78 is 0. The van der Waals surface area contributed by atoms with Gasteiger partial charge in [0.05, 0.1) is 5.60 Å². The van der Waals surface area contributed by atoms with Gasteiger partial charge in [-0.2, -0.15) is 0 Å². The van der Waals surface area contributed by atoms with Crippen LogP contribution in [-0.4, -0.2) is 15.3 Å². The van der Waals surface area contributed by atoms with Crippen LogP contribution in [0.3, 0.4) is 0 Å². The van der Waals surface area contributed by atoms with Crippen LogP contribution in [0.1, 0.15) is 46.6 Å². The Balaban J connectivity index is 1.75. The van der Waals surface area contributed by atoms with Gasteiger partial charge in [-0.1, -0.05) is 115 Å². The Labute approximate surface area is 200 Å². The molecule has 170 valence electrons. The molecular formula is C31H28O3. The lowest BCUT2D eigenvalue weighted by molar-refractivity contribution is -0.187. The Morgan fingerprint density at radius 3 is 1.59 bits per heavy atom. The summed E-state index contributed by atoms with van der Waals surface area (Å²) in [5.74, 6) is -1.51. The van der Waals surface area contributed by atoms with E-state index in [1.807, 2.05) is 115 Å². The molecule has 0 amide bonds. The lowest BCUT2D eigenvalue weighted by atomic mass is 9.69. The molecule has 0 aliphatic heterocycles. The second kappa shape index (κ2) is 7.38. The molecule has 4 aromatic rings. The number of hydrogen-bond donors (Lipinski definition) is 3. The Hall–Kier alpha value is -3.24. The van der Waals surface area contributed by atoms with Gasteiger partial charge < -0.3 is 15.3 Å². The second-order valence-corrected chi connectivity index (χ2v) is 9.89. The summed E-state index contributed by atoms with van der Waals surface area (Å²) in [7, 11) is 0. The van der Waals surface area contributed by atoms with Crippen molar-refractivity contribution in [3.63, 3.8) is 0 Å². The molecule has 3 nitrogen and oxygen atoms in total. The van der Waals surface area contributed by atoms with E-state index in [0.29, 0.717) is 16.7 Å². The van der Waals surface area contributed by atoms with E-state index in [1.54, 1.807) is 6.92 Å². The van der Waals surface area contributed by atoms with Crippen LogP contribution in [0.2, 0.25) is 0 Å². The minimum atomic E-state index is -1.71. The van der Waals surface area contributed by atoms with Gasteiger partial charge in [0.2, 0.25) is 0 Å². The molecular weight excluding hydrogens is 420 g/mol. The molecule has 2 aliphatic rings. The van der Waals surface area contributed by atoms with Crippen LogP contribution in [0.5, 0.6) is 0 Å². The van der Waals surface area contributed by atoms with Gasteiger partial charge in [0.25, 0.3) is 0 Å². The van der Waals surface area contributed by atoms with Crippen LogP contribution in [0.25, 0.3) is 0 Å².